The highest BCUT2D eigenvalue weighted by molar-refractivity contribution is 8.00. The van der Waals surface area contributed by atoms with Crippen LogP contribution in [0.25, 0.3) is 0 Å². The number of hydrogen-bond acceptors (Lipinski definition) is 8. The summed E-state index contributed by atoms with van der Waals surface area (Å²) in [4.78, 5) is 0. The summed E-state index contributed by atoms with van der Waals surface area (Å²) in [6.45, 7) is 6.85. The molecule has 0 radical (unpaired) electrons. The first kappa shape index (κ1) is 35.1. The van der Waals surface area contributed by atoms with Crippen LogP contribution >= 0.6 is 19.6 Å². The first-order valence-corrected chi connectivity index (χ1v) is 15.7. The number of phosphoric ester groups is 1. The lowest BCUT2D eigenvalue weighted by molar-refractivity contribution is 0.105. The van der Waals surface area contributed by atoms with E-state index in [1.165, 1.54) is 84.2 Å². The zero-order valence-corrected chi connectivity index (χ0v) is 25.0. The van der Waals surface area contributed by atoms with Gasteiger partial charge in [0, 0.05) is 26.1 Å². The van der Waals surface area contributed by atoms with Crippen LogP contribution in [-0.2, 0) is 22.8 Å². The molecule has 0 bridgehead atoms. The molecule has 0 aromatic carbocycles. The minimum atomic E-state index is -3.59. The Morgan fingerprint density at radius 2 is 1.43 bits per heavy atom. The molecular weight excluding hydrogens is 484 g/mol. The average Bonchev–Trinajstić information content (AvgIpc) is 2.82. The van der Waals surface area contributed by atoms with Gasteiger partial charge in [-0.15, -0.1) is 0 Å². The van der Waals surface area contributed by atoms with Crippen LogP contribution in [0.2, 0.25) is 0 Å². The Labute approximate surface area is 220 Å². The van der Waals surface area contributed by atoms with Gasteiger partial charge < -0.3 is 15.0 Å². The predicted octanol–water partition coefficient (Wildman–Crippen LogP) is 6.41. The van der Waals surface area contributed by atoms with Crippen LogP contribution in [0, 0.1) is 0 Å². The summed E-state index contributed by atoms with van der Waals surface area (Å²) in [5.41, 5.74) is 0. The molecule has 0 aliphatic rings. The molecule has 2 atom stereocenters. The number of nitrogens with one attached hydrogen (secondary N) is 1. The van der Waals surface area contributed by atoms with Crippen LogP contribution in [-0.4, -0.2) is 63.3 Å². The van der Waals surface area contributed by atoms with E-state index in [-0.39, 0.29) is 14.2 Å². The second-order valence-electron chi connectivity index (χ2n) is 9.91. The van der Waals surface area contributed by atoms with E-state index in [4.69, 9.17) is 18.2 Å². The van der Waals surface area contributed by atoms with E-state index >= 15 is 0 Å². The third kappa shape index (κ3) is 21.9. The van der Waals surface area contributed by atoms with E-state index in [1.54, 1.807) is 13.2 Å². The third-order valence-corrected chi connectivity index (χ3v) is 8.36. The van der Waals surface area contributed by atoms with E-state index in [9.17, 15) is 9.67 Å². The number of rotatable bonds is 24. The minimum absolute atomic E-state index is 0.0376. The van der Waals surface area contributed by atoms with Gasteiger partial charge in [0.1, 0.15) is 0 Å². The van der Waals surface area contributed by atoms with Crippen molar-refractivity contribution in [1.82, 2.24) is 5.23 Å². The Morgan fingerprint density at radius 1 is 0.914 bits per heavy atom. The smallest absolute Gasteiger partial charge is 0.427 e. The molecule has 208 valence electrons. The van der Waals surface area contributed by atoms with Crippen molar-refractivity contribution in [2.24, 2.45) is 0 Å². The Bertz CT molecular complexity index is 557. The number of thioether (sulfide) groups is 1. The van der Waals surface area contributed by atoms with Crippen molar-refractivity contribution >= 4 is 27.2 Å². The van der Waals surface area contributed by atoms with Crippen molar-refractivity contribution < 1.29 is 27.9 Å². The molecule has 0 unspecified atom stereocenters. The van der Waals surface area contributed by atoms with Crippen molar-refractivity contribution in [3.63, 3.8) is 0 Å². The van der Waals surface area contributed by atoms with Gasteiger partial charge in [0.15, 0.2) is 0 Å². The molecule has 7 nitrogen and oxygen atoms in total. The maximum atomic E-state index is 12.1. The lowest BCUT2D eigenvalue weighted by Gasteiger charge is -2.23. The van der Waals surface area contributed by atoms with Crippen LogP contribution in [0.15, 0.2) is 12.2 Å². The van der Waals surface area contributed by atoms with Gasteiger partial charge in [-0.05, 0) is 25.0 Å². The standard InChI is InChI=1S/C25H53BNO6PS/c1-25(2,3)35-21-19-17-15-13-11-9-7-8-10-12-14-16-18-20-24(28)23(27-26-30-4)22-33-34(29,31-5)32-6/h18,20,23-24,26-28H,7-17,19,21-22H2,1-6H3/b20-18+/t23-,24+/m0/s1. The lowest BCUT2D eigenvalue weighted by atomic mass is 10.0. The van der Waals surface area contributed by atoms with Gasteiger partial charge in [-0.2, -0.15) is 11.8 Å². The van der Waals surface area contributed by atoms with E-state index in [0.29, 0.717) is 4.75 Å². The van der Waals surface area contributed by atoms with Gasteiger partial charge in [-0.1, -0.05) is 90.7 Å². The number of unbranched alkanes of at least 4 members (excludes halogenated alkanes) is 11. The van der Waals surface area contributed by atoms with Crippen molar-refractivity contribution in [2.75, 3.05) is 33.7 Å². The van der Waals surface area contributed by atoms with Crippen molar-refractivity contribution in [2.45, 2.75) is 115 Å². The van der Waals surface area contributed by atoms with Crippen LogP contribution in [0.4, 0.5) is 0 Å². The topological polar surface area (TPSA) is 86.3 Å². The van der Waals surface area contributed by atoms with Gasteiger partial charge in [0.2, 0.25) is 0 Å². The number of aliphatic hydroxyl groups excluding tert-OH is 1. The Morgan fingerprint density at radius 3 is 1.91 bits per heavy atom. The average molecular weight is 538 g/mol. The van der Waals surface area contributed by atoms with E-state index in [0.717, 1.165) is 12.8 Å². The molecule has 10 heteroatoms. The molecular formula is C25H53BNO6PS. The number of phosphoric acid groups is 1. The Hall–Kier alpha value is 0.145. The molecule has 0 aliphatic heterocycles. The predicted molar refractivity (Wildman–Crippen MR) is 151 cm³/mol. The van der Waals surface area contributed by atoms with Crippen molar-refractivity contribution in [3.05, 3.63) is 12.2 Å². The molecule has 0 aliphatic carbocycles. The number of allylic oxidation sites excluding steroid dienone is 1. The fourth-order valence-corrected chi connectivity index (χ4v) is 5.19. The van der Waals surface area contributed by atoms with Crippen molar-refractivity contribution in [1.29, 1.82) is 0 Å². The highest BCUT2D eigenvalue weighted by Crippen LogP contribution is 2.47. The maximum absolute atomic E-state index is 12.1. The first-order valence-electron chi connectivity index (χ1n) is 13.2. The van der Waals surface area contributed by atoms with Gasteiger partial charge in [-0.3, -0.25) is 13.6 Å². The van der Waals surface area contributed by atoms with Crippen LogP contribution in [0.1, 0.15) is 97.8 Å². The molecule has 0 rings (SSSR count). The first-order chi connectivity index (χ1) is 16.7. The van der Waals surface area contributed by atoms with Gasteiger partial charge in [-0.25, -0.2) is 4.57 Å². The third-order valence-electron chi connectivity index (χ3n) is 5.64. The summed E-state index contributed by atoms with van der Waals surface area (Å²) in [6.07, 6.45) is 18.4. The van der Waals surface area contributed by atoms with E-state index < -0.39 is 20.0 Å². The molecule has 2 N–H and O–H groups in total. The zero-order valence-electron chi connectivity index (χ0n) is 23.3. The van der Waals surface area contributed by atoms with Gasteiger partial charge in [0.05, 0.1) is 18.8 Å². The van der Waals surface area contributed by atoms with E-state index in [2.05, 4.69) is 37.8 Å². The number of hydrogen-bond donors (Lipinski definition) is 2. The fourth-order valence-electron chi connectivity index (χ4n) is 3.52. The summed E-state index contributed by atoms with van der Waals surface area (Å²) < 4.78 is 32.3. The molecule has 35 heavy (non-hydrogen) atoms. The summed E-state index contributed by atoms with van der Waals surface area (Å²) in [7, 11) is 0.714. The fraction of sp³-hybridized carbons (Fsp3) is 0.920. The highest BCUT2D eigenvalue weighted by Gasteiger charge is 2.26. The largest absolute Gasteiger partial charge is 0.474 e. The van der Waals surface area contributed by atoms with Crippen LogP contribution in [0.5, 0.6) is 0 Å². The molecule has 0 heterocycles. The molecule has 0 aromatic heterocycles. The second kappa shape index (κ2) is 22.2. The van der Waals surface area contributed by atoms with Crippen molar-refractivity contribution in [3.8, 4) is 0 Å². The monoisotopic (exact) mass is 537 g/mol. The molecule has 0 amide bonds. The SMILES string of the molecule is COBN[C@@H](COP(=O)(OC)OC)[C@H](O)/C=C/CCCCCCCCCCCCCSC(C)(C)C. The molecule has 0 spiro atoms. The normalized spacial score (nSPS) is 14.5. The quantitative estimate of drug-likeness (QED) is 0.0633. The van der Waals surface area contributed by atoms with Crippen LogP contribution < -0.4 is 5.23 Å². The lowest BCUT2D eigenvalue weighted by Crippen LogP contribution is -2.44. The molecule has 0 fully saturated rings. The zero-order chi connectivity index (χ0) is 26.4. The Balaban J connectivity index is 3.79. The summed E-state index contributed by atoms with van der Waals surface area (Å²) in [6, 6.07) is -0.493. The molecule has 0 saturated heterocycles. The highest BCUT2D eigenvalue weighted by atomic mass is 32.2. The summed E-state index contributed by atoms with van der Waals surface area (Å²) in [5.74, 6) is 1.29. The minimum Gasteiger partial charge on any atom is -0.427 e. The van der Waals surface area contributed by atoms with Crippen LogP contribution in [0.3, 0.4) is 0 Å². The van der Waals surface area contributed by atoms with E-state index in [1.807, 2.05) is 6.08 Å². The van der Waals surface area contributed by atoms with Gasteiger partial charge >= 0.3 is 15.4 Å². The van der Waals surface area contributed by atoms with Gasteiger partial charge in [0.25, 0.3) is 0 Å². The maximum Gasteiger partial charge on any atom is 0.474 e. The Kier molecular flexibility index (Phi) is 22.2. The number of aliphatic hydroxyl groups is 1. The molecule has 0 saturated carbocycles. The summed E-state index contributed by atoms with van der Waals surface area (Å²) >= 11 is 2.08. The second-order valence-corrected chi connectivity index (χ2v) is 13.7. The summed E-state index contributed by atoms with van der Waals surface area (Å²) in [5, 5.41) is 13.5. The molecule has 0 aromatic rings.